The second kappa shape index (κ2) is 5.63. The summed E-state index contributed by atoms with van der Waals surface area (Å²) >= 11 is 5.64. The molecule has 1 heterocycles. The first kappa shape index (κ1) is 15.7. The van der Waals surface area contributed by atoms with Crippen molar-refractivity contribution >= 4 is 27.3 Å². The zero-order valence-electron chi connectivity index (χ0n) is 11.4. The molecule has 0 amide bonds. The third-order valence-electron chi connectivity index (χ3n) is 2.87. The van der Waals surface area contributed by atoms with Gasteiger partial charge in [-0.05, 0) is 12.1 Å². The van der Waals surface area contributed by atoms with Gasteiger partial charge in [0.2, 0.25) is 10.0 Å². The van der Waals surface area contributed by atoms with Crippen LogP contribution < -0.4 is 5.73 Å². The van der Waals surface area contributed by atoms with Crippen LogP contribution in [0.25, 0.3) is 0 Å². The summed E-state index contributed by atoms with van der Waals surface area (Å²) < 4.78 is 41.4. The van der Waals surface area contributed by atoms with Crippen LogP contribution in [0.3, 0.4) is 0 Å². The van der Waals surface area contributed by atoms with E-state index in [0.29, 0.717) is 5.56 Å². The number of aryl methyl sites for hydroxylation is 1. The summed E-state index contributed by atoms with van der Waals surface area (Å²) in [5, 5.41) is 3.62. The van der Waals surface area contributed by atoms with Crippen LogP contribution in [-0.2, 0) is 23.6 Å². The van der Waals surface area contributed by atoms with Crippen LogP contribution in [0.15, 0.2) is 29.4 Å². The number of aromatic nitrogens is 2. The zero-order valence-corrected chi connectivity index (χ0v) is 13.0. The molecule has 2 N–H and O–H groups in total. The molecule has 9 heteroatoms. The Balaban J connectivity index is 2.37. The van der Waals surface area contributed by atoms with Crippen LogP contribution in [0.5, 0.6) is 0 Å². The molecule has 6 nitrogen and oxygen atoms in total. The van der Waals surface area contributed by atoms with E-state index in [9.17, 15) is 12.8 Å². The van der Waals surface area contributed by atoms with Gasteiger partial charge in [-0.3, -0.25) is 4.68 Å². The second-order valence-electron chi connectivity index (χ2n) is 4.60. The van der Waals surface area contributed by atoms with Gasteiger partial charge in [0.25, 0.3) is 0 Å². The van der Waals surface area contributed by atoms with E-state index in [1.165, 1.54) is 13.2 Å². The van der Waals surface area contributed by atoms with Gasteiger partial charge in [0.1, 0.15) is 4.90 Å². The van der Waals surface area contributed by atoms with Crippen molar-refractivity contribution in [2.75, 3.05) is 12.8 Å². The molecule has 0 fully saturated rings. The lowest BCUT2D eigenvalue weighted by Gasteiger charge is -2.17. The average Bonchev–Trinajstić information content (AvgIpc) is 2.79. The monoisotopic (exact) mass is 332 g/mol. The highest BCUT2D eigenvalue weighted by Gasteiger charge is 2.26. The molecule has 0 spiro atoms. The maximum atomic E-state index is 14.0. The maximum absolute atomic E-state index is 14.0. The summed E-state index contributed by atoms with van der Waals surface area (Å²) in [5.41, 5.74) is 6.29. The van der Waals surface area contributed by atoms with E-state index in [4.69, 9.17) is 17.3 Å². The summed E-state index contributed by atoms with van der Waals surface area (Å²) in [6, 6.07) is 2.22. The van der Waals surface area contributed by atoms with Crippen LogP contribution in [0, 0.1) is 5.82 Å². The minimum absolute atomic E-state index is 0.0576. The Morgan fingerprint density at radius 3 is 2.71 bits per heavy atom. The first-order valence-electron chi connectivity index (χ1n) is 5.90. The van der Waals surface area contributed by atoms with E-state index in [1.807, 2.05) is 0 Å². The molecule has 0 saturated carbocycles. The van der Waals surface area contributed by atoms with Crippen molar-refractivity contribution in [2.24, 2.45) is 7.05 Å². The van der Waals surface area contributed by atoms with Crippen molar-refractivity contribution in [3.8, 4) is 0 Å². The van der Waals surface area contributed by atoms with Crippen LogP contribution >= 0.6 is 11.6 Å². The van der Waals surface area contributed by atoms with Crippen LogP contribution in [0.4, 0.5) is 10.1 Å². The summed E-state index contributed by atoms with van der Waals surface area (Å²) in [6.45, 7) is 0.0576. The van der Waals surface area contributed by atoms with Crippen molar-refractivity contribution in [2.45, 2.75) is 11.4 Å². The second-order valence-corrected chi connectivity index (χ2v) is 7.02. The maximum Gasteiger partial charge on any atom is 0.246 e. The number of hydrogen-bond acceptors (Lipinski definition) is 4. The Labute approximate surface area is 127 Å². The molecule has 2 rings (SSSR count). The van der Waals surface area contributed by atoms with E-state index >= 15 is 0 Å². The van der Waals surface area contributed by atoms with Gasteiger partial charge in [0.15, 0.2) is 5.82 Å². The van der Waals surface area contributed by atoms with Crippen molar-refractivity contribution in [1.82, 2.24) is 14.1 Å². The number of nitrogens with two attached hydrogens (primary N) is 1. The number of hydrogen-bond donors (Lipinski definition) is 1. The molecule has 0 unspecified atom stereocenters. The summed E-state index contributed by atoms with van der Waals surface area (Å²) in [5.74, 6) is -1.01. The van der Waals surface area contributed by atoms with Gasteiger partial charge in [0, 0.05) is 38.1 Å². The SMILES string of the molecule is CN(Cc1cnn(C)c1)S(=O)(=O)c1cc(N)cc(Cl)c1F. The molecule has 1 aromatic carbocycles. The zero-order chi connectivity index (χ0) is 15.8. The summed E-state index contributed by atoms with van der Waals surface area (Å²) in [6.07, 6.45) is 3.21. The number of nitrogen functional groups attached to an aromatic ring is 1. The average molecular weight is 333 g/mol. The molecule has 0 atom stereocenters. The summed E-state index contributed by atoms with van der Waals surface area (Å²) in [4.78, 5) is -0.543. The number of benzene rings is 1. The van der Waals surface area contributed by atoms with Crippen LogP contribution in [-0.4, -0.2) is 29.6 Å². The molecule has 1 aromatic heterocycles. The lowest BCUT2D eigenvalue weighted by atomic mass is 10.3. The Kier molecular flexibility index (Phi) is 4.22. The topological polar surface area (TPSA) is 81.2 Å². The quantitative estimate of drug-likeness (QED) is 0.863. The minimum atomic E-state index is -4.05. The third-order valence-corrected chi connectivity index (χ3v) is 4.95. The molecule has 0 radical (unpaired) electrons. The number of rotatable bonds is 4. The fraction of sp³-hybridized carbons (Fsp3) is 0.250. The Morgan fingerprint density at radius 1 is 1.48 bits per heavy atom. The van der Waals surface area contributed by atoms with E-state index in [2.05, 4.69) is 5.10 Å². The molecule has 0 saturated heterocycles. The van der Waals surface area contributed by atoms with Crippen LogP contribution in [0.1, 0.15) is 5.56 Å². The lowest BCUT2D eigenvalue weighted by molar-refractivity contribution is 0.460. The molecule has 0 aliphatic rings. The van der Waals surface area contributed by atoms with Crippen molar-refractivity contribution in [1.29, 1.82) is 0 Å². The highest BCUT2D eigenvalue weighted by molar-refractivity contribution is 7.89. The molecule has 0 aliphatic carbocycles. The summed E-state index contributed by atoms with van der Waals surface area (Å²) in [7, 11) is -0.983. The molecule has 2 aromatic rings. The van der Waals surface area contributed by atoms with E-state index in [-0.39, 0.29) is 17.3 Å². The van der Waals surface area contributed by atoms with Gasteiger partial charge < -0.3 is 5.73 Å². The Bertz CT molecular complexity index is 776. The van der Waals surface area contributed by atoms with E-state index in [0.717, 1.165) is 16.4 Å². The van der Waals surface area contributed by atoms with Gasteiger partial charge in [-0.15, -0.1) is 0 Å². The largest absolute Gasteiger partial charge is 0.399 e. The molecule has 114 valence electrons. The van der Waals surface area contributed by atoms with E-state index < -0.39 is 20.7 Å². The minimum Gasteiger partial charge on any atom is -0.399 e. The van der Waals surface area contributed by atoms with E-state index in [1.54, 1.807) is 17.9 Å². The molecule has 21 heavy (non-hydrogen) atoms. The Hall–Kier alpha value is -1.64. The molecule has 0 bridgehead atoms. The number of sulfonamides is 1. The predicted molar refractivity (Wildman–Crippen MR) is 77.7 cm³/mol. The number of nitrogens with zero attached hydrogens (tertiary/aromatic N) is 3. The highest BCUT2D eigenvalue weighted by atomic mass is 35.5. The van der Waals surface area contributed by atoms with Gasteiger partial charge in [-0.2, -0.15) is 9.40 Å². The fourth-order valence-electron chi connectivity index (χ4n) is 1.83. The van der Waals surface area contributed by atoms with Gasteiger partial charge in [-0.1, -0.05) is 11.6 Å². The first-order valence-corrected chi connectivity index (χ1v) is 7.72. The number of anilines is 1. The normalized spacial score (nSPS) is 12.0. The molecule has 0 aliphatic heterocycles. The van der Waals surface area contributed by atoms with Gasteiger partial charge >= 0.3 is 0 Å². The first-order chi connectivity index (χ1) is 9.71. The lowest BCUT2D eigenvalue weighted by Crippen LogP contribution is -2.27. The van der Waals surface area contributed by atoms with Gasteiger partial charge in [0.05, 0.1) is 11.2 Å². The van der Waals surface area contributed by atoms with Gasteiger partial charge in [-0.25, -0.2) is 12.8 Å². The molecular weight excluding hydrogens is 319 g/mol. The smallest absolute Gasteiger partial charge is 0.246 e. The van der Waals surface area contributed by atoms with Crippen molar-refractivity contribution in [3.63, 3.8) is 0 Å². The van der Waals surface area contributed by atoms with Crippen molar-refractivity contribution < 1.29 is 12.8 Å². The number of halogens is 2. The predicted octanol–water partition coefficient (Wildman–Crippen LogP) is 1.62. The van der Waals surface area contributed by atoms with Crippen LogP contribution in [0.2, 0.25) is 5.02 Å². The fourth-order valence-corrected chi connectivity index (χ4v) is 3.40. The highest BCUT2D eigenvalue weighted by Crippen LogP contribution is 2.28. The molecular formula is C12H14ClFN4O2S. The Morgan fingerprint density at radius 2 is 2.14 bits per heavy atom. The van der Waals surface area contributed by atoms with Crippen molar-refractivity contribution in [3.05, 3.63) is 40.9 Å². The third kappa shape index (κ3) is 3.17. The standard InChI is InChI=1S/C12H14ClFN4O2S/c1-17-6-8(5-16-17)7-18(2)21(19,20)11-4-9(15)3-10(13)12(11)14/h3-6H,7,15H2,1-2H3.